The van der Waals surface area contributed by atoms with Gasteiger partial charge in [-0.2, -0.15) is 0 Å². The topological polar surface area (TPSA) is 69.7 Å². The average Bonchev–Trinajstić information content (AvgIpc) is 3.08. The molecule has 5 rings (SSSR count). The van der Waals surface area contributed by atoms with Crippen molar-refractivity contribution in [1.29, 1.82) is 0 Å². The van der Waals surface area contributed by atoms with Crippen molar-refractivity contribution in [2.45, 2.75) is 24.7 Å². The molecule has 5 heteroatoms. The number of hydrogen-bond acceptors (Lipinski definition) is 5. The Bertz CT molecular complexity index is 1140. The fraction of sp³-hybridized carbons (Fsp3) is 0.250. The Labute approximate surface area is 192 Å². The maximum atomic E-state index is 14.1. The molecule has 0 bridgehead atoms. The molecule has 0 heterocycles. The van der Waals surface area contributed by atoms with Crippen molar-refractivity contribution in [2.75, 3.05) is 14.2 Å². The molecule has 0 saturated heterocycles. The maximum absolute atomic E-state index is 14.1. The van der Waals surface area contributed by atoms with E-state index in [4.69, 9.17) is 9.47 Å². The fourth-order valence-electron chi connectivity index (χ4n) is 5.60. The molecule has 3 aromatic carbocycles. The van der Waals surface area contributed by atoms with Gasteiger partial charge in [0, 0.05) is 35.8 Å². The van der Waals surface area contributed by atoms with Gasteiger partial charge in [-0.1, -0.05) is 48.5 Å². The standard InChI is InChI=1S/C28H24O5/c1-32-20-11-7-17(8-12-20)24-15-19(29)16-25(18-9-13-21(33-2)14-10-18)28(24)26(30)22-5-3-4-6-23(22)27(28)31/h3-14,24-25H,15-16H2,1-2H3/t24-,25-/m1/s1. The van der Waals surface area contributed by atoms with E-state index in [-0.39, 0.29) is 30.2 Å². The Morgan fingerprint density at radius 2 is 1.03 bits per heavy atom. The van der Waals surface area contributed by atoms with Gasteiger partial charge in [-0.3, -0.25) is 14.4 Å². The first-order chi connectivity index (χ1) is 16.0. The van der Waals surface area contributed by atoms with Gasteiger partial charge in [0.2, 0.25) is 0 Å². The molecule has 1 spiro atoms. The van der Waals surface area contributed by atoms with E-state index >= 15 is 0 Å². The first kappa shape index (κ1) is 21.1. The number of Topliss-reactive ketones (excluding diaryl/α,β-unsaturated/α-hetero) is 3. The van der Waals surface area contributed by atoms with Gasteiger partial charge < -0.3 is 9.47 Å². The van der Waals surface area contributed by atoms with Gasteiger partial charge in [0.05, 0.1) is 14.2 Å². The number of methoxy groups -OCH3 is 2. The minimum Gasteiger partial charge on any atom is -0.497 e. The summed E-state index contributed by atoms with van der Waals surface area (Å²) >= 11 is 0. The SMILES string of the molecule is COc1ccc([C@H]2CC(=O)C[C@H](c3ccc(OC)cc3)C23C(=O)c2ccccc2C3=O)cc1. The zero-order valence-electron chi connectivity index (χ0n) is 18.5. The smallest absolute Gasteiger partial charge is 0.178 e. The first-order valence-electron chi connectivity index (χ1n) is 11.0. The molecule has 3 aromatic rings. The van der Waals surface area contributed by atoms with Crippen LogP contribution >= 0.6 is 0 Å². The maximum Gasteiger partial charge on any atom is 0.178 e. The van der Waals surface area contributed by atoms with Crippen LogP contribution in [0.4, 0.5) is 0 Å². The minimum absolute atomic E-state index is 0.0406. The van der Waals surface area contributed by atoms with Gasteiger partial charge >= 0.3 is 0 Å². The normalized spacial score (nSPS) is 21.2. The quantitative estimate of drug-likeness (QED) is 0.534. The number of ether oxygens (including phenoxy) is 2. The van der Waals surface area contributed by atoms with E-state index in [1.807, 2.05) is 48.5 Å². The van der Waals surface area contributed by atoms with Crippen LogP contribution in [-0.4, -0.2) is 31.6 Å². The summed E-state index contributed by atoms with van der Waals surface area (Å²) < 4.78 is 10.6. The zero-order valence-corrected chi connectivity index (χ0v) is 18.5. The summed E-state index contributed by atoms with van der Waals surface area (Å²) in [7, 11) is 3.17. The third-order valence-corrected chi connectivity index (χ3v) is 7.17. The lowest BCUT2D eigenvalue weighted by Crippen LogP contribution is -2.49. The van der Waals surface area contributed by atoms with Crippen LogP contribution in [0, 0.1) is 5.41 Å². The van der Waals surface area contributed by atoms with Crippen LogP contribution in [0.15, 0.2) is 72.8 Å². The van der Waals surface area contributed by atoms with E-state index < -0.39 is 17.3 Å². The second kappa shape index (κ2) is 8.00. The number of rotatable bonds is 4. The Hall–Kier alpha value is -3.73. The summed E-state index contributed by atoms with van der Waals surface area (Å²) in [6.07, 6.45) is 0.287. The predicted molar refractivity (Wildman–Crippen MR) is 123 cm³/mol. The van der Waals surface area contributed by atoms with Gasteiger partial charge in [-0.15, -0.1) is 0 Å². The molecule has 1 fully saturated rings. The van der Waals surface area contributed by atoms with Crippen LogP contribution in [0.2, 0.25) is 0 Å². The molecule has 1 saturated carbocycles. The molecular weight excluding hydrogens is 416 g/mol. The van der Waals surface area contributed by atoms with Crippen molar-refractivity contribution >= 4 is 17.3 Å². The van der Waals surface area contributed by atoms with Crippen molar-refractivity contribution in [3.63, 3.8) is 0 Å². The van der Waals surface area contributed by atoms with Gasteiger partial charge in [0.1, 0.15) is 22.7 Å². The van der Waals surface area contributed by atoms with Crippen LogP contribution in [0.1, 0.15) is 56.5 Å². The highest BCUT2D eigenvalue weighted by atomic mass is 16.5. The van der Waals surface area contributed by atoms with Crippen molar-refractivity contribution in [3.05, 3.63) is 95.1 Å². The highest BCUT2D eigenvalue weighted by Crippen LogP contribution is 2.60. The van der Waals surface area contributed by atoms with Crippen molar-refractivity contribution < 1.29 is 23.9 Å². The summed E-state index contributed by atoms with van der Waals surface area (Å²) in [5.41, 5.74) is 1.08. The Morgan fingerprint density at radius 3 is 1.39 bits per heavy atom. The second-order valence-electron chi connectivity index (χ2n) is 8.67. The highest BCUT2D eigenvalue weighted by molar-refractivity contribution is 6.31. The molecule has 33 heavy (non-hydrogen) atoms. The molecule has 0 radical (unpaired) electrons. The summed E-state index contributed by atoms with van der Waals surface area (Å²) in [5.74, 6) is -0.135. The van der Waals surface area contributed by atoms with E-state index in [0.717, 1.165) is 11.1 Å². The lowest BCUT2D eigenvalue weighted by Gasteiger charge is -2.44. The molecule has 2 atom stereocenters. The monoisotopic (exact) mass is 440 g/mol. The van der Waals surface area contributed by atoms with Crippen molar-refractivity contribution in [3.8, 4) is 11.5 Å². The summed E-state index contributed by atoms with van der Waals surface area (Å²) in [5, 5.41) is 0. The molecular formula is C28H24O5. The lowest BCUT2D eigenvalue weighted by atomic mass is 9.54. The molecule has 2 aliphatic rings. The van der Waals surface area contributed by atoms with Gasteiger partial charge in [0.25, 0.3) is 0 Å². The lowest BCUT2D eigenvalue weighted by molar-refractivity contribution is -0.122. The minimum atomic E-state index is -1.37. The molecule has 166 valence electrons. The summed E-state index contributed by atoms with van der Waals surface area (Å²) in [6.45, 7) is 0. The highest BCUT2D eigenvalue weighted by Gasteiger charge is 2.64. The van der Waals surface area contributed by atoms with E-state index in [9.17, 15) is 14.4 Å². The largest absolute Gasteiger partial charge is 0.497 e. The number of hydrogen-bond donors (Lipinski definition) is 0. The second-order valence-corrected chi connectivity index (χ2v) is 8.67. The van der Waals surface area contributed by atoms with Crippen LogP contribution in [-0.2, 0) is 4.79 Å². The molecule has 0 aliphatic heterocycles. The molecule has 0 N–H and O–H groups in total. The number of ketones is 3. The van der Waals surface area contributed by atoms with Crippen LogP contribution < -0.4 is 9.47 Å². The zero-order chi connectivity index (χ0) is 23.2. The fourth-order valence-corrected chi connectivity index (χ4v) is 5.60. The van der Waals surface area contributed by atoms with E-state index in [2.05, 4.69) is 0 Å². The number of fused-ring (bicyclic) bond motifs is 1. The first-order valence-corrected chi connectivity index (χ1v) is 11.0. The van der Waals surface area contributed by atoms with Crippen molar-refractivity contribution in [1.82, 2.24) is 0 Å². The third kappa shape index (κ3) is 3.10. The molecule has 0 unspecified atom stereocenters. The van der Waals surface area contributed by atoms with Crippen LogP contribution in [0.25, 0.3) is 0 Å². The van der Waals surface area contributed by atoms with Gasteiger partial charge in [-0.05, 0) is 35.4 Å². The van der Waals surface area contributed by atoms with Crippen LogP contribution in [0.5, 0.6) is 11.5 Å². The number of carbonyl (C=O) groups excluding carboxylic acids is 3. The Kier molecular flexibility index (Phi) is 5.12. The summed E-state index contributed by atoms with van der Waals surface area (Å²) in [6, 6.07) is 21.7. The molecule has 0 amide bonds. The predicted octanol–water partition coefficient (Wildman–Crippen LogP) is 5.00. The van der Waals surface area contributed by atoms with Gasteiger partial charge in [-0.25, -0.2) is 0 Å². The van der Waals surface area contributed by atoms with E-state index in [1.54, 1.807) is 38.5 Å². The Balaban J connectivity index is 1.74. The molecule has 0 aromatic heterocycles. The van der Waals surface area contributed by atoms with Crippen molar-refractivity contribution in [2.24, 2.45) is 5.41 Å². The molecule has 2 aliphatic carbocycles. The summed E-state index contributed by atoms with van der Waals surface area (Å²) in [4.78, 5) is 41.3. The van der Waals surface area contributed by atoms with Gasteiger partial charge in [0.15, 0.2) is 11.6 Å². The Morgan fingerprint density at radius 1 is 0.636 bits per heavy atom. The number of carbonyl (C=O) groups is 3. The molecule has 5 nitrogen and oxygen atoms in total. The van der Waals surface area contributed by atoms with Crippen LogP contribution in [0.3, 0.4) is 0 Å². The van der Waals surface area contributed by atoms with E-state index in [1.165, 1.54) is 0 Å². The average molecular weight is 440 g/mol. The van der Waals surface area contributed by atoms with E-state index in [0.29, 0.717) is 22.6 Å². The third-order valence-electron chi connectivity index (χ3n) is 7.17. The number of benzene rings is 3.